The van der Waals surface area contributed by atoms with Gasteiger partial charge in [0.25, 0.3) is 0 Å². The van der Waals surface area contributed by atoms with Gasteiger partial charge in [-0.15, -0.1) is 0 Å². The van der Waals surface area contributed by atoms with Crippen molar-refractivity contribution >= 4 is 23.4 Å². The molecule has 2 heterocycles. The van der Waals surface area contributed by atoms with E-state index in [1.54, 1.807) is 37.7 Å². The molecule has 1 aromatic carbocycles. The fraction of sp³-hybridized carbons (Fsp3) is 0.389. The van der Waals surface area contributed by atoms with Crippen molar-refractivity contribution in [3.05, 3.63) is 42.2 Å². The van der Waals surface area contributed by atoms with Gasteiger partial charge in [-0.25, -0.2) is 9.97 Å². The van der Waals surface area contributed by atoms with Crippen LogP contribution in [0.3, 0.4) is 0 Å². The molecule has 0 atom stereocenters. The van der Waals surface area contributed by atoms with Gasteiger partial charge in [-0.1, -0.05) is 11.8 Å². The molecule has 1 fully saturated rings. The lowest BCUT2D eigenvalue weighted by Gasteiger charge is -2.27. The number of carbonyl (C=O) groups is 1. The lowest BCUT2D eigenvalue weighted by Crippen LogP contribution is -2.30. The third kappa shape index (κ3) is 4.26. The Morgan fingerprint density at radius 3 is 2.62 bits per heavy atom. The van der Waals surface area contributed by atoms with Crippen LogP contribution in [-0.2, 0) is 0 Å². The number of aromatic nitrogens is 2. The number of benzene rings is 1. The second-order valence-corrected chi connectivity index (χ2v) is 6.70. The molecule has 0 unspecified atom stereocenters. The SMILES string of the molecule is COc1ccc(C(=O)CSc2cc(N3CCCCC3)ncn2)cc1. The number of ether oxygens (including phenoxy) is 1. The molecule has 24 heavy (non-hydrogen) atoms. The summed E-state index contributed by atoms with van der Waals surface area (Å²) in [4.78, 5) is 23.2. The number of ketones is 1. The van der Waals surface area contributed by atoms with Crippen molar-refractivity contribution in [2.45, 2.75) is 24.3 Å². The van der Waals surface area contributed by atoms with Gasteiger partial charge in [0.05, 0.1) is 12.9 Å². The molecule has 0 radical (unpaired) electrons. The third-order valence-electron chi connectivity index (χ3n) is 4.07. The molecule has 1 aromatic heterocycles. The molecule has 126 valence electrons. The molecule has 0 saturated carbocycles. The van der Waals surface area contributed by atoms with Crippen molar-refractivity contribution in [1.82, 2.24) is 9.97 Å². The zero-order valence-electron chi connectivity index (χ0n) is 13.8. The highest BCUT2D eigenvalue weighted by Gasteiger charge is 2.13. The predicted octanol–water partition coefficient (Wildman–Crippen LogP) is 3.45. The topological polar surface area (TPSA) is 55.3 Å². The molecule has 1 saturated heterocycles. The Balaban J connectivity index is 1.60. The van der Waals surface area contributed by atoms with Crippen LogP contribution in [0.2, 0.25) is 0 Å². The molecule has 5 nitrogen and oxygen atoms in total. The molecular weight excluding hydrogens is 322 g/mol. The van der Waals surface area contributed by atoms with Crippen molar-refractivity contribution in [2.75, 3.05) is 30.9 Å². The summed E-state index contributed by atoms with van der Waals surface area (Å²) in [5, 5.41) is 0.840. The van der Waals surface area contributed by atoms with E-state index in [9.17, 15) is 4.79 Å². The second kappa shape index (κ2) is 8.15. The van der Waals surface area contributed by atoms with Gasteiger partial charge in [-0.05, 0) is 43.5 Å². The zero-order valence-corrected chi connectivity index (χ0v) is 14.6. The highest BCUT2D eigenvalue weighted by Crippen LogP contribution is 2.23. The van der Waals surface area contributed by atoms with E-state index in [1.165, 1.54) is 31.0 Å². The van der Waals surface area contributed by atoms with Crippen LogP contribution in [0.5, 0.6) is 5.75 Å². The highest BCUT2D eigenvalue weighted by molar-refractivity contribution is 7.99. The first-order chi connectivity index (χ1) is 11.8. The van der Waals surface area contributed by atoms with Crippen molar-refractivity contribution in [3.8, 4) is 5.75 Å². The van der Waals surface area contributed by atoms with E-state index in [1.807, 2.05) is 6.07 Å². The van der Waals surface area contributed by atoms with Gasteiger partial charge < -0.3 is 9.64 Å². The summed E-state index contributed by atoms with van der Waals surface area (Å²) in [6.07, 6.45) is 5.30. The minimum absolute atomic E-state index is 0.0841. The van der Waals surface area contributed by atoms with Gasteiger partial charge in [-0.2, -0.15) is 0 Å². The van der Waals surface area contributed by atoms with Crippen LogP contribution in [0, 0.1) is 0 Å². The Kier molecular flexibility index (Phi) is 5.69. The van der Waals surface area contributed by atoms with Crippen molar-refractivity contribution in [3.63, 3.8) is 0 Å². The van der Waals surface area contributed by atoms with Gasteiger partial charge in [0, 0.05) is 24.7 Å². The van der Waals surface area contributed by atoms with Crippen LogP contribution < -0.4 is 9.64 Å². The smallest absolute Gasteiger partial charge is 0.173 e. The Morgan fingerprint density at radius 1 is 1.17 bits per heavy atom. The fourth-order valence-electron chi connectivity index (χ4n) is 2.70. The standard InChI is InChI=1S/C18H21N3O2S/c1-23-15-7-5-14(6-8-15)16(22)12-24-18-11-17(19-13-20-18)21-9-3-2-4-10-21/h5-8,11,13H,2-4,9-10,12H2,1H3. The minimum atomic E-state index is 0.0841. The van der Waals surface area contributed by atoms with Crippen molar-refractivity contribution in [1.29, 1.82) is 0 Å². The second-order valence-electron chi connectivity index (χ2n) is 5.70. The van der Waals surface area contributed by atoms with Crippen molar-refractivity contribution in [2.24, 2.45) is 0 Å². The Morgan fingerprint density at radius 2 is 1.92 bits per heavy atom. The maximum Gasteiger partial charge on any atom is 0.173 e. The molecule has 0 aliphatic carbocycles. The van der Waals surface area contributed by atoms with Gasteiger partial charge in [0.2, 0.25) is 0 Å². The first kappa shape index (κ1) is 16.8. The number of Topliss-reactive ketones (excluding diaryl/α,β-unsaturated/α-hetero) is 1. The molecule has 6 heteroatoms. The summed E-state index contributed by atoms with van der Waals surface area (Å²) in [6, 6.07) is 9.17. The number of piperidine rings is 1. The average molecular weight is 343 g/mol. The van der Waals surface area contributed by atoms with E-state index in [4.69, 9.17) is 4.74 Å². The fourth-order valence-corrected chi connectivity index (χ4v) is 3.46. The number of thioether (sulfide) groups is 1. The molecule has 2 aromatic rings. The lowest BCUT2D eigenvalue weighted by atomic mass is 10.1. The number of hydrogen-bond acceptors (Lipinski definition) is 6. The van der Waals surface area contributed by atoms with Crippen LogP contribution in [-0.4, -0.2) is 41.7 Å². The molecule has 0 amide bonds. The summed E-state index contributed by atoms with van der Waals surface area (Å²) in [7, 11) is 1.61. The summed E-state index contributed by atoms with van der Waals surface area (Å²) >= 11 is 1.45. The predicted molar refractivity (Wildman–Crippen MR) is 96.1 cm³/mol. The van der Waals surface area contributed by atoms with E-state index in [0.29, 0.717) is 11.3 Å². The van der Waals surface area contributed by atoms with Gasteiger partial charge in [0.15, 0.2) is 5.78 Å². The van der Waals surface area contributed by atoms with Crippen LogP contribution >= 0.6 is 11.8 Å². The first-order valence-corrected chi connectivity index (χ1v) is 9.12. The quantitative estimate of drug-likeness (QED) is 0.455. The van der Waals surface area contributed by atoms with E-state index in [-0.39, 0.29) is 5.78 Å². The Labute approximate surface area is 146 Å². The normalized spacial score (nSPS) is 14.5. The van der Waals surface area contributed by atoms with Crippen LogP contribution in [0.4, 0.5) is 5.82 Å². The summed E-state index contributed by atoms with van der Waals surface area (Å²) in [5.74, 6) is 2.16. The number of nitrogens with zero attached hydrogens (tertiary/aromatic N) is 3. The molecule has 0 bridgehead atoms. The van der Waals surface area contributed by atoms with Gasteiger partial charge >= 0.3 is 0 Å². The average Bonchev–Trinajstić information content (AvgIpc) is 2.67. The number of methoxy groups -OCH3 is 1. The monoisotopic (exact) mass is 343 g/mol. The van der Waals surface area contributed by atoms with Crippen LogP contribution in [0.15, 0.2) is 41.7 Å². The Hall–Kier alpha value is -2.08. The van der Waals surface area contributed by atoms with Gasteiger partial charge in [0.1, 0.15) is 22.9 Å². The maximum absolute atomic E-state index is 12.3. The molecule has 3 rings (SSSR count). The molecule has 0 spiro atoms. The summed E-state index contributed by atoms with van der Waals surface area (Å²) < 4.78 is 5.11. The van der Waals surface area contributed by atoms with E-state index in [0.717, 1.165) is 29.7 Å². The van der Waals surface area contributed by atoms with E-state index >= 15 is 0 Å². The molecule has 1 aliphatic heterocycles. The van der Waals surface area contributed by atoms with E-state index < -0.39 is 0 Å². The highest BCUT2D eigenvalue weighted by atomic mass is 32.2. The number of rotatable bonds is 6. The lowest BCUT2D eigenvalue weighted by molar-refractivity contribution is 0.102. The van der Waals surface area contributed by atoms with Gasteiger partial charge in [-0.3, -0.25) is 4.79 Å². The van der Waals surface area contributed by atoms with Crippen molar-refractivity contribution < 1.29 is 9.53 Å². The number of hydrogen-bond donors (Lipinski definition) is 0. The maximum atomic E-state index is 12.3. The number of carbonyl (C=O) groups excluding carboxylic acids is 1. The zero-order chi connectivity index (χ0) is 16.8. The van der Waals surface area contributed by atoms with Crippen LogP contribution in [0.1, 0.15) is 29.6 Å². The third-order valence-corrected chi connectivity index (χ3v) is 5.00. The first-order valence-electron chi connectivity index (χ1n) is 8.13. The summed E-state index contributed by atoms with van der Waals surface area (Å²) in [6.45, 7) is 2.10. The largest absolute Gasteiger partial charge is 0.497 e. The van der Waals surface area contributed by atoms with Crippen LogP contribution in [0.25, 0.3) is 0 Å². The minimum Gasteiger partial charge on any atom is -0.497 e. The molecule has 0 N–H and O–H groups in total. The Bertz CT molecular complexity index is 685. The number of anilines is 1. The molecular formula is C18H21N3O2S. The van der Waals surface area contributed by atoms with E-state index in [2.05, 4.69) is 14.9 Å². The summed E-state index contributed by atoms with van der Waals surface area (Å²) in [5.41, 5.74) is 0.689. The molecule has 1 aliphatic rings.